The summed E-state index contributed by atoms with van der Waals surface area (Å²) in [4.78, 5) is 47.8. The first-order chi connectivity index (χ1) is 21.4. The van der Waals surface area contributed by atoms with E-state index in [9.17, 15) is 14.4 Å². The largest absolute Gasteiger partial charge is 0.480 e. The number of nitrogens with zero attached hydrogens (tertiary/aromatic N) is 3. The summed E-state index contributed by atoms with van der Waals surface area (Å²) in [5, 5.41) is 8.90. The normalized spacial score (nSPS) is 15.5. The number of aromatic nitrogens is 1. The van der Waals surface area contributed by atoms with E-state index in [1.807, 2.05) is 12.1 Å². The van der Waals surface area contributed by atoms with Crippen molar-refractivity contribution in [2.45, 2.75) is 0 Å². The van der Waals surface area contributed by atoms with Crippen molar-refractivity contribution in [3.63, 3.8) is 0 Å². The average molecular weight is 589 g/mol. The lowest BCUT2D eigenvalue weighted by Crippen LogP contribution is -2.44. The van der Waals surface area contributed by atoms with E-state index >= 15 is 0 Å². The summed E-state index contributed by atoms with van der Waals surface area (Å²) in [7, 11) is 3.58. The zero-order chi connectivity index (χ0) is 30.6. The summed E-state index contributed by atoms with van der Waals surface area (Å²) in [6, 6.07) is 23.3. The van der Waals surface area contributed by atoms with Gasteiger partial charge < -0.3 is 30.5 Å². The summed E-state index contributed by atoms with van der Waals surface area (Å²) in [6.45, 7) is 4.08. The van der Waals surface area contributed by atoms with E-state index in [1.54, 1.807) is 60.8 Å². The van der Waals surface area contributed by atoms with Crippen LogP contribution in [0.4, 0.5) is 22.7 Å². The predicted molar refractivity (Wildman–Crippen MR) is 171 cm³/mol. The minimum atomic E-state index is -0.404. The quantitative estimate of drug-likeness (QED) is 0.200. The van der Waals surface area contributed by atoms with Crippen molar-refractivity contribution in [2.24, 2.45) is 0 Å². The van der Waals surface area contributed by atoms with Gasteiger partial charge in [-0.2, -0.15) is 0 Å². The third kappa shape index (κ3) is 6.02. The number of ketones is 1. The van der Waals surface area contributed by atoms with Gasteiger partial charge in [-0.25, -0.2) is 4.98 Å². The maximum Gasteiger partial charge on any atom is 0.261 e. The molecule has 10 nitrogen and oxygen atoms in total. The first-order valence-corrected chi connectivity index (χ1v) is 14.3. The number of anilines is 4. The highest BCUT2D eigenvalue weighted by molar-refractivity contribution is 6.32. The predicted octanol–water partition coefficient (Wildman–Crippen LogP) is 4.73. The fourth-order valence-electron chi connectivity index (χ4n) is 5.30. The van der Waals surface area contributed by atoms with Crippen LogP contribution >= 0.6 is 0 Å². The number of benzene rings is 3. The maximum absolute atomic E-state index is 13.4. The number of likely N-dealkylation sites (N-methyl/N-ethyl adjacent to an activating group) is 1. The molecule has 4 aromatic rings. The number of hydrogen-bond donors (Lipinski definition) is 3. The van der Waals surface area contributed by atoms with E-state index in [2.05, 4.69) is 49.9 Å². The molecule has 10 heteroatoms. The Balaban J connectivity index is 1.14. The molecular formula is C34H32N6O4. The Morgan fingerprint density at radius 3 is 2.45 bits per heavy atom. The summed E-state index contributed by atoms with van der Waals surface area (Å²) in [6.07, 6.45) is 3.23. The number of nitrogens with one attached hydrogen (secondary N) is 3. The Hall–Kier alpha value is -5.48. The standard InChI is InChI=1S/C34H32N6O4/c1-39-15-17-40(18-16-39)26-11-9-24(10-12-26)36-21-29-27-13-8-23(20-30(27)38-33(29)43)31(41)22-5-3-6-25(19-22)37-32(42)28-7-4-14-35-34(28)44-2/h3-14,19-21,36H,15-18H2,1-2H3,(H,37,42)(H,38,43). The number of methoxy groups -OCH3 is 1. The molecule has 1 saturated heterocycles. The van der Waals surface area contributed by atoms with Crippen LogP contribution in [0.15, 0.2) is 91.3 Å². The van der Waals surface area contributed by atoms with E-state index in [-0.39, 0.29) is 23.1 Å². The van der Waals surface area contributed by atoms with Gasteiger partial charge in [0.15, 0.2) is 5.78 Å². The molecule has 2 aliphatic rings. The number of pyridine rings is 1. The zero-order valence-corrected chi connectivity index (χ0v) is 24.5. The number of hydrogen-bond acceptors (Lipinski definition) is 8. The van der Waals surface area contributed by atoms with Gasteiger partial charge in [-0.3, -0.25) is 14.4 Å². The highest BCUT2D eigenvalue weighted by atomic mass is 16.5. The van der Waals surface area contributed by atoms with Crippen molar-refractivity contribution in [1.82, 2.24) is 9.88 Å². The highest BCUT2D eigenvalue weighted by Crippen LogP contribution is 2.33. The average Bonchev–Trinajstić information content (AvgIpc) is 3.37. The van der Waals surface area contributed by atoms with E-state index in [0.717, 1.165) is 31.9 Å². The van der Waals surface area contributed by atoms with Crippen molar-refractivity contribution < 1.29 is 19.1 Å². The lowest BCUT2D eigenvalue weighted by molar-refractivity contribution is -0.110. The lowest BCUT2D eigenvalue weighted by Gasteiger charge is -2.34. The van der Waals surface area contributed by atoms with Gasteiger partial charge in [-0.15, -0.1) is 0 Å². The molecule has 0 aliphatic carbocycles. The molecule has 3 aromatic carbocycles. The topological polar surface area (TPSA) is 116 Å². The van der Waals surface area contributed by atoms with Crippen LogP contribution in [0.3, 0.4) is 0 Å². The fourth-order valence-corrected chi connectivity index (χ4v) is 5.30. The van der Waals surface area contributed by atoms with Gasteiger partial charge in [0.25, 0.3) is 11.8 Å². The number of rotatable bonds is 8. The monoisotopic (exact) mass is 588 g/mol. The Morgan fingerprint density at radius 2 is 1.68 bits per heavy atom. The molecule has 2 aliphatic heterocycles. The zero-order valence-electron chi connectivity index (χ0n) is 24.5. The summed E-state index contributed by atoms with van der Waals surface area (Å²) < 4.78 is 5.17. The Labute approximate surface area is 255 Å². The Bertz CT molecular complexity index is 1760. The lowest BCUT2D eigenvalue weighted by atomic mass is 9.99. The number of fused-ring (bicyclic) bond motifs is 1. The van der Waals surface area contributed by atoms with Crippen molar-refractivity contribution in [3.05, 3.63) is 114 Å². The number of carbonyl (C=O) groups excluding carboxylic acids is 3. The second kappa shape index (κ2) is 12.4. The number of piperazine rings is 1. The Kier molecular flexibility index (Phi) is 8.07. The molecule has 0 radical (unpaired) electrons. The molecule has 1 fully saturated rings. The van der Waals surface area contributed by atoms with Gasteiger partial charge in [0.05, 0.1) is 12.7 Å². The van der Waals surface area contributed by atoms with E-state index in [4.69, 9.17) is 4.74 Å². The maximum atomic E-state index is 13.4. The van der Waals surface area contributed by atoms with Gasteiger partial charge in [0, 0.05) is 78.0 Å². The third-order valence-electron chi connectivity index (χ3n) is 7.78. The molecule has 6 rings (SSSR count). The van der Waals surface area contributed by atoms with Gasteiger partial charge in [0.2, 0.25) is 5.88 Å². The van der Waals surface area contributed by atoms with Gasteiger partial charge in [-0.1, -0.05) is 24.3 Å². The summed E-state index contributed by atoms with van der Waals surface area (Å²) in [5.41, 5.74) is 5.34. The molecular weight excluding hydrogens is 556 g/mol. The van der Waals surface area contributed by atoms with Gasteiger partial charge in [0.1, 0.15) is 5.56 Å². The number of amides is 2. The minimum absolute atomic E-state index is 0.208. The molecule has 3 heterocycles. The van der Waals surface area contributed by atoms with Crippen LogP contribution in [-0.2, 0) is 4.79 Å². The van der Waals surface area contributed by atoms with Crippen LogP contribution in [0, 0.1) is 0 Å². The summed E-state index contributed by atoms with van der Waals surface area (Å²) in [5.74, 6) is -0.686. The summed E-state index contributed by atoms with van der Waals surface area (Å²) >= 11 is 0. The Morgan fingerprint density at radius 1 is 0.909 bits per heavy atom. The van der Waals surface area contributed by atoms with E-state index < -0.39 is 5.91 Å². The van der Waals surface area contributed by atoms with E-state index in [1.165, 1.54) is 19.0 Å². The van der Waals surface area contributed by atoms with Crippen molar-refractivity contribution in [2.75, 3.05) is 61.2 Å². The smallest absolute Gasteiger partial charge is 0.261 e. The molecule has 3 N–H and O–H groups in total. The second-order valence-corrected chi connectivity index (χ2v) is 10.7. The van der Waals surface area contributed by atoms with Crippen LogP contribution in [0.2, 0.25) is 0 Å². The minimum Gasteiger partial charge on any atom is -0.480 e. The van der Waals surface area contributed by atoms with Crippen molar-refractivity contribution >= 4 is 45.9 Å². The molecule has 222 valence electrons. The van der Waals surface area contributed by atoms with Crippen molar-refractivity contribution in [3.8, 4) is 5.88 Å². The number of carbonyl (C=O) groups is 3. The molecule has 0 unspecified atom stereocenters. The molecule has 0 spiro atoms. The SMILES string of the molecule is COc1ncccc1C(=O)Nc1cccc(C(=O)c2ccc3c(c2)NC(=O)C3=CNc2ccc(N3CCN(C)CC3)cc2)c1. The van der Waals surface area contributed by atoms with Crippen LogP contribution in [0.5, 0.6) is 5.88 Å². The molecule has 0 atom stereocenters. The molecule has 0 saturated carbocycles. The van der Waals surface area contributed by atoms with E-state index in [0.29, 0.717) is 33.6 Å². The molecule has 0 bridgehead atoms. The molecule has 2 amide bonds. The first-order valence-electron chi connectivity index (χ1n) is 14.3. The van der Waals surface area contributed by atoms with Crippen molar-refractivity contribution in [1.29, 1.82) is 0 Å². The second-order valence-electron chi connectivity index (χ2n) is 10.7. The highest BCUT2D eigenvalue weighted by Gasteiger charge is 2.26. The number of ether oxygens (including phenoxy) is 1. The van der Waals surface area contributed by atoms with Gasteiger partial charge in [-0.05, 0) is 61.6 Å². The van der Waals surface area contributed by atoms with Crippen LogP contribution in [0.1, 0.15) is 31.8 Å². The van der Waals surface area contributed by atoms with Crippen LogP contribution < -0.4 is 25.6 Å². The van der Waals surface area contributed by atoms with Gasteiger partial charge >= 0.3 is 0 Å². The fraction of sp³-hybridized carbons (Fsp3) is 0.176. The molecule has 1 aromatic heterocycles. The third-order valence-corrected chi connectivity index (χ3v) is 7.78. The van der Waals surface area contributed by atoms with Crippen LogP contribution in [0.25, 0.3) is 5.57 Å². The van der Waals surface area contributed by atoms with Crippen LogP contribution in [-0.4, -0.2) is 67.8 Å². The molecule has 44 heavy (non-hydrogen) atoms. The first kappa shape index (κ1) is 28.6.